The zero-order valence-corrected chi connectivity index (χ0v) is 11.5. The van der Waals surface area contributed by atoms with Gasteiger partial charge in [-0.1, -0.05) is 42.5 Å². The van der Waals surface area contributed by atoms with Gasteiger partial charge in [-0.05, 0) is 30.7 Å². The first-order valence-electron chi connectivity index (χ1n) is 6.68. The van der Waals surface area contributed by atoms with Gasteiger partial charge in [-0.25, -0.2) is 4.79 Å². The highest BCUT2D eigenvalue weighted by atomic mass is 16.4. The molecule has 3 heteroatoms. The van der Waals surface area contributed by atoms with Crippen LogP contribution in [0.25, 0.3) is 28.4 Å². The summed E-state index contributed by atoms with van der Waals surface area (Å²) in [5.41, 5.74) is 2.50. The summed E-state index contributed by atoms with van der Waals surface area (Å²) in [6.45, 7) is 1.86. The van der Waals surface area contributed by atoms with Crippen LogP contribution in [0.3, 0.4) is 0 Å². The van der Waals surface area contributed by atoms with E-state index in [0.717, 1.165) is 16.5 Å². The molecule has 0 aliphatic rings. The maximum atomic E-state index is 11.4. The van der Waals surface area contributed by atoms with Crippen LogP contribution >= 0.6 is 0 Å². The Kier molecular flexibility index (Phi) is 3.32. The number of carboxylic acids is 1. The van der Waals surface area contributed by atoms with Gasteiger partial charge >= 0.3 is 5.97 Å². The van der Waals surface area contributed by atoms with Crippen LogP contribution in [-0.4, -0.2) is 11.1 Å². The number of furan rings is 1. The van der Waals surface area contributed by atoms with E-state index in [-0.39, 0.29) is 5.56 Å². The molecule has 0 bridgehead atoms. The van der Waals surface area contributed by atoms with Crippen LogP contribution in [0.2, 0.25) is 0 Å². The fourth-order valence-electron chi connectivity index (χ4n) is 2.43. The molecule has 104 valence electrons. The Morgan fingerprint density at radius 3 is 2.67 bits per heavy atom. The van der Waals surface area contributed by atoms with E-state index < -0.39 is 5.97 Å². The van der Waals surface area contributed by atoms with Crippen LogP contribution < -0.4 is 0 Å². The average molecular weight is 278 g/mol. The molecule has 3 rings (SSSR count). The summed E-state index contributed by atoms with van der Waals surface area (Å²) >= 11 is 0. The number of carboxylic acid groups (broad SMARTS) is 1. The Bertz CT molecular complexity index is 808. The predicted octanol–water partition coefficient (Wildman–Crippen LogP) is 4.83. The third-order valence-corrected chi connectivity index (χ3v) is 3.36. The molecule has 1 aromatic heterocycles. The lowest BCUT2D eigenvalue weighted by Crippen LogP contribution is -2.00. The third kappa shape index (κ3) is 2.34. The standard InChI is InChI=1S/C18H14O3/c1-2-6-13-14(8-5-9-15(13)18(19)20)17-11-12-7-3-4-10-16(12)21-17/h2-11H,1H3,(H,19,20). The molecule has 21 heavy (non-hydrogen) atoms. The van der Waals surface area contributed by atoms with Crippen molar-refractivity contribution in [1.29, 1.82) is 0 Å². The fourth-order valence-corrected chi connectivity index (χ4v) is 2.43. The minimum atomic E-state index is -0.943. The molecule has 0 amide bonds. The molecule has 0 atom stereocenters. The first-order chi connectivity index (χ1) is 10.2. The molecule has 0 unspecified atom stereocenters. The molecule has 0 saturated carbocycles. The SMILES string of the molecule is CC=Cc1c(C(=O)O)cccc1-c1cc2ccccc2o1. The maximum absolute atomic E-state index is 11.4. The summed E-state index contributed by atoms with van der Waals surface area (Å²) in [6.07, 6.45) is 3.62. The molecule has 0 aliphatic heterocycles. The van der Waals surface area contributed by atoms with Crippen LogP contribution in [0.15, 0.2) is 59.0 Å². The zero-order chi connectivity index (χ0) is 14.8. The molecule has 0 aliphatic carbocycles. The minimum Gasteiger partial charge on any atom is -0.478 e. The van der Waals surface area contributed by atoms with Gasteiger partial charge in [-0.3, -0.25) is 0 Å². The normalized spacial score (nSPS) is 11.3. The molecule has 0 saturated heterocycles. The second-order valence-electron chi connectivity index (χ2n) is 4.72. The van der Waals surface area contributed by atoms with E-state index in [1.54, 1.807) is 18.2 Å². The number of hydrogen-bond acceptors (Lipinski definition) is 2. The quantitative estimate of drug-likeness (QED) is 0.746. The highest BCUT2D eigenvalue weighted by Gasteiger charge is 2.15. The van der Waals surface area contributed by atoms with Crippen LogP contribution in [-0.2, 0) is 0 Å². The van der Waals surface area contributed by atoms with Crippen molar-refractivity contribution in [2.75, 3.05) is 0 Å². The maximum Gasteiger partial charge on any atom is 0.336 e. The number of allylic oxidation sites excluding steroid dienone is 1. The monoisotopic (exact) mass is 278 g/mol. The third-order valence-electron chi connectivity index (χ3n) is 3.36. The van der Waals surface area contributed by atoms with Gasteiger partial charge in [0.05, 0.1) is 5.56 Å². The zero-order valence-electron chi connectivity index (χ0n) is 11.5. The Morgan fingerprint density at radius 1 is 1.14 bits per heavy atom. The van der Waals surface area contributed by atoms with Crippen molar-refractivity contribution in [2.24, 2.45) is 0 Å². The van der Waals surface area contributed by atoms with Gasteiger partial charge in [-0.15, -0.1) is 0 Å². The van der Waals surface area contributed by atoms with Gasteiger partial charge in [0.25, 0.3) is 0 Å². The van der Waals surface area contributed by atoms with E-state index in [1.807, 2.05) is 49.4 Å². The Labute approximate surface area is 122 Å². The van der Waals surface area contributed by atoms with Gasteiger partial charge in [0.15, 0.2) is 0 Å². The molecular weight excluding hydrogens is 264 g/mol. The average Bonchev–Trinajstić information content (AvgIpc) is 2.91. The number of rotatable bonds is 3. The van der Waals surface area contributed by atoms with Crippen molar-refractivity contribution in [3.05, 3.63) is 65.7 Å². The van der Waals surface area contributed by atoms with Crippen molar-refractivity contribution in [2.45, 2.75) is 6.92 Å². The Morgan fingerprint density at radius 2 is 1.95 bits per heavy atom. The molecule has 3 aromatic rings. The number of aromatic carboxylic acids is 1. The molecule has 1 heterocycles. The van der Waals surface area contributed by atoms with Crippen molar-refractivity contribution in [3.63, 3.8) is 0 Å². The van der Waals surface area contributed by atoms with Gasteiger partial charge < -0.3 is 9.52 Å². The first-order valence-corrected chi connectivity index (χ1v) is 6.68. The summed E-state index contributed by atoms with van der Waals surface area (Å²) in [6, 6.07) is 14.9. The molecule has 0 fully saturated rings. The van der Waals surface area contributed by atoms with Crippen LogP contribution in [0.1, 0.15) is 22.8 Å². The van der Waals surface area contributed by atoms with Gasteiger partial charge in [0, 0.05) is 10.9 Å². The lowest BCUT2D eigenvalue weighted by molar-refractivity contribution is 0.0696. The summed E-state index contributed by atoms with van der Waals surface area (Å²) < 4.78 is 5.85. The summed E-state index contributed by atoms with van der Waals surface area (Å²) in [4.78, 5) is 11.4. The second-order valence-corrected chi connectivity index (χ2v) is 4.72. The van der Waals surface area contributed by atoms with Crippen LogP contribution in [0, 0.1) is 0 Å². The van der Waals surface area contributed by atoms with E-state index in [4.69, 9.17) is 4.42 Å². The van der Waals surface area contributed by atoms with Crippen molar-refractivity contribution in [3.8, 4) is 11.3 Å². The molecule has 0 radical (unpaired) electrons. The highest BCUT2D eigenvalue weighted by molar-refractivity contribution is 5.96. The number of para-hydroxylation sites is 1. The van der Waals surface area contributed by atoms with Gasteiger partial charge in [0.2, 0.25) is 0 Å². The highest BCUT2D eigenvalue weighted by Crippen LogP contribution is 2.32. The number of fused-ring (bicyclic) bond motifs is 1. The molecule has 1 N–H and O–H groups in total. The predicted molar refractivity (Wildman–Crippen MR) is 83.3 cm³/mol. The van der Waals surface area contributed by atoms with E-state index in [2.05, 4.69) is 0 Å². The van der Waals surface area contributed by atoms with E-state index >= 15 is 0 Å². The fraction of sp³-hybridized carbons (Fsp3) is 0.0556. The Balaban J connectivity index is 2.26. The first kappa shape index (κ1) is 13.2. The smallest absolute Gasteiger partial charge is 0.336 e. The largest absolute Gasteiger partial charge is 0.478 e. The second kappa shape index (κ2) is 5.29. The molecular formula is C18H14O3. The lowest BCUT2D eigenvalue weighted by atomic mass is 9.98. The van der Waals surface area contributed by atoms with Crippen LogP contribution in [0.4, 0.5) is 0 Å². The number of benzene rings is 2. The van der Waals surface area contributed by atoms with Crippen molar-refractivity contribution >= 4 is 23.0 Å². The van der Waals surface area contributed by atoms with E-state index in [1.165, 1.54) is 0 Å². The number of carbonyl (C=O) groups is 1. The van der Waals surface area contributed by atoms with Gasteiger partial charge in [-0.2, -0.15) is 0 Å². The summed E-state index contributed by atoms with van der Waals surface area (Å²) in [7, 11) is 0. The minimum absolute atomic E-state index is 0.269. The van der Waals surface area contributed by atoms with Crippen LogP contribution in [0.5, 0.6) is 0 Å². The molecule has 0 spiro atoms. The summed E-state index contributed by atoms with van der Waals surface area (Å²) in [5, 5.41) is 10.3. The van der Waals surface area contributed by atoms with Crippen molar-refractivity contribution in [1.82, 2.24) is 0 Å². The van der Waals surface area contributed by atoms with E-state index in [9.17, 15) is 9.90 Å². The topological polar surface area (TPSA) is 50.4 Å². The van der Waals surface area contributed by atoms with E-state index in [0.29, 0.717) is 11.3 Å². The molecule has 3 nitrogen and oxygen atoms in total. The van der Waals surface area contributed by atoms with Crippen molar-refractivity contribution < 1.29 is 14.3 Å². The lowest BCUT2D eigenvalue weighted by Gasteiger charge is -2.07. The van der Waals surface area contributed by atoms with Gasteiger partial charge in [0.1, 0.15) is 11.3 Å². The Hall–Kier alpha value is -2.81. The molecule has 2 aromatic carbocycles. The summed E-state index contributed by atoms with van der Waals surface area (Å²) in [5.74, 6) is -0.270. The number of hydrogen-bond donors (Lipinski definition) is 1.